The van der Waals surface area contributed by atoms with Crippen LogP contribution in [-0.4, -0.2) is 18.4 Å². The molecule has 0 aliphatic carbocycles. The second kappa shape index (κ2) is 7.74. The van der Waals surface area contributed by atoms with Gasteiger partial charge >= 0.3 is 0 Å². The molecular weight excluding hydrogens is 319 g/mol. The first-order valence-corrected chi connectivity index (χ1v) is 7.39. The minimum absolute atomic E-state index is 0.0871. The van der Waals surface area contributed by atoms with Crippen molar-refractivity contribution in [3.8, 4) is 0 Å². The summed E-state index contributed by atoms with van der Waals surface area (Å²) in [5, 5.41) is 5.73. The van der Waals surface area contributed by atoms with E-state index < -0.39 is 0 Å². The van der Waals surface area contributed by atoms with Gasteiger partial charge in [-0.05, 0) is 42.3 Å². The Morgan fingerprint density at radius 1 is 1.09 bits per heavy atom. The van der Waals surface area contributed by atoms with Crippen LogP contribution in [0.3, 0.4) is 0 Å². The average Bonchev–Trinajstić information content (AvgIpc) is 2.51. The van der Waals surface area contributed by atoms with Crippen molar-refractivity contribution in [1.82, 2.24) is 5.32 Å². The van der Waals surface area contributed by atoms with E-state index in [1.807, 2.05) is 6.92 Å². The quantitative estimate of drug-likeness (QED) is 0.882. The molecule has 2 amide bonds. The van der Waals surface area contributed by atoms with Gasteiger partial charge < -0.3 is 10.6 Å². The van der Waals surface area contributed by atoms with Crippen LogP contribution in [0.25, 0.3) is 0 Å². The van der Waals surface area contributed by atoms with Crippen molar-refractivity contribution < 1.29 is 14.0 Å². The van der Waals surface area contributed by atoms with Crippen LogP contribution in [0.5, 0.6) is 0 Å². The maximum absolute atomic E-state index is 12.8. The van der Waals surface area contributed by atoms with Crippen molar-refractivity contribution in [2.24, 2.45) is 0 Å². The number of hydrogen-bond acceptors (Lipinski definition) is 2. The van der Waals surface area contributed by atoms with Gasteiger partial charge in [-0.1, -0.05) is 29.8 Å². The van der Waals surface area contributed by atoms with Gasteiger partial charge in [0.05, 0.1) is 13.0 Å². The second-order valence-corrected chi connectivity index (χ2v) is 5.52. The minimum atomic E-state index is -0.356. The Labute approximate surface area is 138 Å². The van der Waals surface area contributed by atoms with Gasteiger partial charge in [-0.15, -0.1) is 0 Å². The van der Waals surface area contributed by atoms with Gasteiger partial charge in [0.15, 0.2) is 0 Å². The van der Waals surface area contributed by atoms with Crippen molar-refractivity contribution in [1.29, 1.82) is 0 Å². The van der Waals surface area contributed by atoms with E-state index in [0.717, 1.165) is 5.56 Å². The third-order valence-electron chi connectivity index (χ3n) is 3.20. The standard InChI is InChI=1S/C17H16ClFN2O2/c1-11-2-5-13(18)9-15(11)21-17(23)10-20-16(22)8-12-3-6-14(19)7-4-12/h2-7,9H,8,10H2,1H3,(H,20,22)(H,21,23). The van der Waals surface area contributed by atoms with E-state index >= 15 is 0 Å². The summed E-state index contributed by atoms with van der Waals surface area (Å²) in [5.74, 6) is -1.01. The third-order valence-corrected chi connectivity index (χ3v) is 3.43. The Morgan fingerprint density at radius 3 is 2.48 bits per heavy atom. The monoisotopic (exact) mass is 334 g/mol. The minimum Gasteiger partial charge on any atom is -0.347 e. The summed E-state index contributed by atoms with van der Waals surface area (Å²) in [6.07, 6.45) is 0.0871. The summed E-state index contributed by atoms with van der Waals surface area (Å²) in [7, 11) is 0. The summed E-state index contributed by atoms with van der Waals surface area (Å²) < 4.78 is 12.8. The number of nitrogens with one attached hydrogen (secondary N) is 2. The van der Waals surface area contributed by atoms with Crippen LogP contribution in [0.15, 0.2) is 42.5 Å². The Hall–Kier alpha value is -2.40. The Balaban J connectivity index is 1.83. The molecule has 0 radical (unpaired) electrons. The number of hydrogen-bond donors (Lipinski definition) is 2. The predicted molar refractivity (Wildman–Crippen MR) is 87.9 cm³/mol. The van der Waals surface area contributed by atoms with E-state index in [0.29, 0.717) is 16.3 Å². The van der Waals surface area contributed by atoms with Crippen LogP contribution in [0, 0.1) is 12.7 Å². The normalized spacial score (nSPS) is 10.2. The lowest BCUT2D eigenvalue weighted by Crippen LogP contribution is -2.33. The van der Waals surface area contributed by atoms with Crippen molar-refractivity contribution in [3.05, 3.63) is 64.4 Å². The summed E-state index contributed by atoms with van der Waals surface area (Å²) in [6.45, 7) is 1.70. The third kappa shape index (κ3) is 5.38. The zero-order chi connectivity index (χ0) is 16.8. The van der Waals surface area contributed by atoms with Crippen LogP contribution in [0.2, 0.25) is 5.02 Å². The van der Waals surface area contributed by atoms with Gasteiger partial charge in [-0.25, -0.2) is 4.39 Å². The number of carbonyl (C=O) groups excluding carboxylic acids is 2. The molecule has 120 valence electrons. The maximum Gasteiger partial charge on any atom is 0.243 e. The molecule has 0 aromatic heterocycles. The smallest absolute Gasteiger partial charge is 0.243 e. The lowest BCUT2D eigenvalue weighted by atomic mass is 10.1. The largest absolute Gasteiger partial charge is 0.347 e. The molecule has 2 rings (SSSR count). The molecular formula is C17H16ClFN2O2. The number of rotatable bonds is 5. The molecule has 6 heteroatoms. The molecule has 0 aliphatic heterocycles. The highest BCUT2D eigenvalue weighted by Gasteiger charge is 2.08. The number of aryl methyl sites for hydroxylation is 1. The van der Waals surface area contributed by atoms with Crippen LogP contribution >= 0.6 is 11.6 Å². The van der Waals surface area contributed by atoms with Gasteiger partial charge in [0, 0.05) is 10.7 Å². The molecule has 2 N–H and O–H groups in total. The molecule has 23 heavy (non-hydrogen) atoms. The molecule has 0 aliphatic rings. The molecule has 0 atom stereocenters. The topological polar surface area (TPSA) is 58.2 Å². The first-order valence-electron chi connectivity index (χ1n) is 7.01. The van der Waals surface area contributed by atoms with E-state index in [2.05, 4.69) is 10.6 Å². The molecule has 4 nitrogen and oxygen atoms in total. The van der Waals surface area contributed by atoms with E-state index in [4.69, 9.17) is 11.6 Å². The van der Waals surface area contributed by atoms with Crippen LogP contribution in [0.1, 0.15) is 11.1 Å². The molecule has 2 aromatic carbocycles. The fraction of sp³-hybridized carbons (Fsp3) is 0.176. The highest BCUT2D eigenvalue weighted by Crippen LogP contribution is 2.19. The van der Waals surface area contributed by atoms with Crippen LogP contribution < -0.4 is 10.6 Å². The number of halogens is 2. The Morgan fingerprint density at radius 2 is 1.78 bits per heavy atom. The van der Waals surface area contributed by atoms with E-state index in [-0.39, 0.29) is 30.6 Å². The second-order valence-electron chi connectivity index (χ2n) is 5.09. The van der Waals surface area contributed by atoms with Crippen molar-refractivity contribution in [2.45, 2.75) is 13.3 Å². The summed E-state index contributed by atoms with van der Waals surface area (Å²) in [4.78, 5) is 23.6. The zero-order valence-corrected chi connectivity index (χ0v) is 13.3. The zero-order valence-electron chi connectivity index (χ0n) is 12.5. The van der Waals surface area contributed by atoms with E-state index in [9.17, 15) is 14.0 Å². The highest BCUT2D eigenvalue weighted by atomic mass is 35.5. The van der Waals surface area contributed by atoms with Crippen LogP contribution in [-0.2, 0) is 16.0 Å². The summed E-state index contributed by atoms with van der Waals surface area (Å²) in [6, 6.07) is 10.8. The van der Waals surface area contributed by atoms with Gasteiger partial charge in [-0.3, -0.25) is 9.59 Å². The Kier molecular flexibility index (Phi) is 5.71. The molecule has 0 spiro atoms. The molecule has 0 fully saturated rings. The molecule has 0 saturated carbocycles. The van der Waals surface area contributed by atoms with Gasteiger partial charge in [0.1, 0.15) is 5.82 Å². The van der Waals surface area contributed by atoms with E-state index in [1.54, 1.807) is 18.2 Å². The van der Waals surface area contributed by atoms with Crippen molar-refractivity contribution in [2.75, 3.05) is 11.9 Å². The highest BCUT2D eigenvalue weighted by molar-refractivity contribution is 6.31. The molecule has 0 heterocycles. The first-order chi connectivity index (χ1) is 10.9. The number of benzene rings is 2. The molecule has 0 unspecified atom stereocenters. The fourth-order valence-corrected chi connectivity index (χ4v) is 2.12. The van der Waals surface area contributed by atoms with Gasteiger partial charge in [-0.2, -0.15) is 0 Å². The summed E-state index contributed by atoms with van der Waals surface area (Å²) >= 11 is 5.88. The Bertz CT molecular complexity index is 717. The predicted octanol–water partition coefficient (Wildman–Crippen LogP) is 3.08. The summed E-state index contributed by atoms with van der Waals surface area (Å²) in [5.41, 5.74) is 2.16. The molecule has 0 saturated heterocycles. The fourth-order valence-electron chi connectivity index (χ4n) is 1.95. The number of amides is 2. The number of anilines is 1. The molecule has 0 bridgehead atoms. The SMILES string of the molecule is Cc1ccc(Cl)cc1NC(=O)CNC(=O)Cc1ccc(F)cc1. The average molecular weight is 335 g/mol. The van der Waals surface area contributed by atoms with Gasteiger partial charge in [0.2, 0.25) is 11.8 Å². The van der Waals surface area contributed by atoms with Crippen molar-refractivity contribution in [3.63, 3.8) is 0 Å². The van der Waals surface area contributed by atoms with Gasteiger partial charge in [0.25, 0.3) is 0 Å². The lowest BCUT2D eigenvalue weighted by molar-refractivity contribution is -0.123. The van der Waals surface area contributed by atoms with Crippen LogP contribution in [0.4, 0.5) is 10.1 Å². The molecule has 2 aromatic rings. The lowest BCUT2D eigenvalue weighted by Gasteiger charge is -2.10. The maximum atomic E-state index is 12.8. The van der Waals surface area contributed by atoms with E-state index in [1.165, 1.54) is 24.3 Å². The van der Waals surface area contributed by atoms with Crippen molar-refractivity contribution >= 4 is 29.1 Å². The number of carbonyl (C=O) groups is 2. The first kappa shape index (κ1) is 17.0.